The van der Waals surface area contributed by atoms with Crippen molar-refractivity contribution < 1.29 is 14.3 Å². The van der Waals surface area contributed by atoms with Crippen LogP contribution in [0.1, 0.15) is 25.8 Å². The number of halogens is 1. The Kier molecular flexibility index (Phi) is 8.15. The lowest BCUT2D eigenvalue weighted by atomic mass is 10.2. The molecule has 1 rings (SSSR count). The van der Waals surface area contributed by atoms with E-state index in [-0.39, 0.29) is 12.5 Å². The highest BCUT2D eigenvalue weighted by atomic mass is 79.9. The van der Waals surface area contributed by atoms with Crippen LogP contribution in [0.4, 0.5) is 0 Å². The van der Waals surface area contributed by atoms with Gasteiger partial charge in [-0.2, -0.15) is 0 Å². The highest BCUT2D eigenvalue weighted by Crippen LogP contribution is 2.36. The molecule has 0 spiro atoms. The van der Waals surface area contributed by atoms with Gasteiger partial charge in [0, 0.05) is 13.1 Å². The first-order valence-electron chi connectivity index (χ1n) is 7.11. The topological polar surface area (TPSA) is 59.6 Å². The van der Waals surface area contributed by atoms with Gasteiger partial charge in [0.25, 0.3) is 5.91 Å². The van der Waals surface area contributed by atoms with Crippen molar-refractivity contribution in [1.82, 2.24) is 10.6 Å². The Morgan fingerprint density at radius 2 is 2.05 bits per heavy atom. The van der Waals surface area contributed by atoms with Crippen LogP contribution in [0.15, 0.2) is 16.6 Å². The Bertz CT molecular complexity index is 466. The molecule has 21 heavy (non-hydrogen) atoms. The van der Waals surface area contributed by atoms with Crippen LogP contribution >= 0.6 is 15.9 Å². The molecule has 1 aromatic carbocycles. The minimum atomic E-state index is -0.134. The van der Waals surface area contributed by atoms with Crippen molar-refractivity contribution in [3.05, 3.63) is 22.2 Å². The van der Waals surface area contributed by atoms with E-state index in [0.29, 0.717) is 24.7 Å². The van der Waals surface area contributed by atoms with E-state index in [1.807, 2.05) is 33.0 Å². The summed E-state index contributed by atoms with van der Waals surface area (Å²) in [6.45, 7) is 5.82. The molecule has 0 atom stereocenters. The second kappa shape index (κ2) is 9.63. The zero-order valence-electron chi connectivity index (χ0n) is 12.8. The van der Waals surface area contributed by atoms with Gasteiger partial charge < -0.3 is 20.1 Å². The summed E-state index contributed by atoms with van der Waals surface area (Å²) in [6, 6.07) is 3.88. The van der Waals surface area contributed by atoms with Crippen molar-refractivity contribution in [3.63, 3.8) is 0 Å². The van der Waals surface area contributed by atoms with Gasteiger partial charge in [-0.15, -0.1) is 0 Å². The Labute approximate surface area is 134 Å². The van der Waals surface area contributed by atoms with Crippen LogP contribution in [0.3, 0.4) is 0 Å². The molecule has 0 heterocycles. The lowest BCUT2D eigenvalue weighted by Crippen LogP contribution is -2.29. The summed E-state index contributed by atoms with van der Waals surface area (Å²) in [5, 5.41) is 5.87. The fourth-order valence-corrected chi connectivity index (χ4v) is 2.39. The summed E-state index contributed by atoms with van der Waals surface area (Å²) in [4.78, 5) is 11.6. The molecule has 1 aromatic rings. The Hall–Kier alpha value is -1.27. The van der Waals surface area contributed by atoms with Gasteiger partial charge in [0.2, 0.25) is 0 Å². The van der Waals surface area contributed by atoms with Crippen molar-refractivity contribution in [2.24, 2.45) is 0 Å². The second-order valence-corrected chi connectivity index (χ2v) is 5.36. The number of carbonyl (C=O) groups excluding carboxylic acids is 1. The average molecular weight is 359 g/mol. The van der Waals surface area contributed by atoms with E-state index in [0.717, 1.165) is 23.0 Å². The van der Waals surface area contributed by atoms with Crippen LogP contribution in [0.25, 0.3) is 0 Å². The van der Waals surface area contributed by atoms with Crippen molar-refractivity contribution in [2.45, 2.75) is 26.8 Å². The molecular formula is C15H23BrN2O3. The van der Waals surface area contributed by atoms with E-state index in [9.17, 15) is 4.79 Å². The quantitative estimate of drug-likeness (QED) is 0.711. The molecule has 0 unspecified atom stereocenters. The van der Waals surface area contributed by atoms with Crippen LogP contribution in [0.2, 0.25) is 0 Å². The number of carbonyl (C=O) groups is 1. The van der Waals surface area contributed by atoms with Crippen molar-refractivity contribution in [1.29, 1.82) is 0 Å². The fraction of sp³-hybridized carbons (Fsp3) is 0.533. The molecule has 118 valence electrons. The number of rotatable bonds is 9. The van der Waals surface area contributed by atoms with Gasteiger partial charge in [0.05, 0.1) is 11.1 Å². The predicted molar refractivity (Wildman–Crippen MR) is 86.9 cm³/mol. The molecule has 1 amide bonds. The summed E-state index contributed by atoms with van der Waals surface area (Å²) in [7, 11) is 1.89. The fourth-order valence-electron chi connectivity index (χ4n) is 1.78. The molecule has 0 aliphatic carbocycles. The first kappa shape index (κ1) is 17.8. The standard InChI is InChI=1S/C15H23BrN2O3/c1-4-6-18-14(19)10-21-15-12(16)7-11(9-17-3)8-13(15)20-5-2/h7-8,17H,4-6,9-10H2,1-3H3,(H,18,19). The summed E-state index contributed by atoms with van der Waals surface area (Å²) >= 11 is 3.48. The van der Waals surface area contributed by atoms with Crippen LogP contribution in [0, 0.1) is 0 Å². The zero-order chi connectivity index (χ0) is 15.7. The van der Waals surface area contributed by atoms with Gasteiger partial charge >= 0.3 is 0 Å². The summed E-state index contributed by atoms with van der Waals surface area (Å²) in [6.07, 6.45) is 0.901. The molecule has 0 radical (unpaired) electrons. The number of hydrogen-bond donors (Lipinski definition) is 2. The van der Waals surface area contributed by atoms with Gasteiger partial charge in [-0.1, -0.05) is 6.92 Å². The molecule has 0 saturated heterocycles. The van der Waals surface area contributed by atoms with Gasteiger partial charge in [-0.25, -0.2) is 0 Å². The molecule has 0 aromatic heterocycles. The molecular weight excluding hydrogens is 336 g/mol. The summed E-state index contributed by atoms with van der Waals surface area (Å²) in [5.41, 5.74) is 1.08. The maximum absolute atomic E-state index is 11.6. The number of ether oxygens (including phenoxy) is 2. The number of benzene rings is 1. The predicted octanol–water partition coefficient (Wildman–Crippen LogP) is 2.47. The largest absolute Gasteiger partial charge is 0.490 e. The van der Waals surface area contributed by atoms with Crippen LogP contribution in [0.5, 0.6) is 11.5 Å². The van der Waals surface area contributed by atoms with E-state index in [1.165, 1.54) is 0 Å². The third-order valence-corrected chi connectivity index (χ3v) is 3.26. The number of hydrogen-bond acceptors (Lipinski definition) is 4. The minimum absolute atomic E-state index is 0.0238. The van der Waals surface area contributed by atoms with Crippen molar-refractivity contribution in [3.8, 4) is 11.5 Å². The Balaban J connectivity index is 2.81. The Morgan fingerprint density at radius 1 is 1.29 bits per heavy atom. The smallest absolute Gasteiger partial charge is 0.257 e. The molecule has 5 nitrogen and oxygen atoms in total. The maximum atomic E-state index is 11.6. The highest BCUT2D eigenvalue weighted by Gasteiger charge is 2.13. The first-order chi connectivity index (χ1) is 10.1. The second-order valence-electron chi connectivity index (χ2n) is 4.51. The van der Waals surface area contributed by atoms with E-state index in [4.69, 9.17) is 9.47 Å². The van der Waals surface area contributed by atoms with E-state index in [2.05, 4.69) is 26.6 Å². The maximum Gasteiger partial charge on any atom is 0.257 e. The normalized spacial score (nSPS) is 10.3. The van der Waals surface area contributed by atoms with Crippen LogP contribution < -0.4 is 20.1 Å². The molecule has 0 fully saturated rings. The molecule has 0 saturated carbocycles. The van der Waals surface area contributed by atoms with E-state index in [1.54, 1.807) is 0 Å². The molecule has 6 heteroatoms. The Morgan fingerprint density at radius 3 is 2.67 bits per heavy atom. The monoisotopic (exact) mass is 358 g/mol. The molecule has 0 bridgehead atoms. The van der Waals surface area contributed by atoms with Crippen molar-refractivity contribution >= 4 is 21.8 Å². The lowest BCUT2D eigenvalue weighted by Gasteiger charge is -2.15. The van der Waals surface area contributed by atoms with E-state index < -0.39 is 0 Å². The lowest BCUT2D eigenvalue weighted by molar-refractivity contribution is -0.123. The molecule has 0 aliphatic heterocycles. The van der Waals surface area contributed by atoms with Crippen molar-refractivity contribution in [2.75, 3.05) is 26.8 Å². The zero-order valence-corrected chi connectivity index (χ0v) is 14.4. The highest BCUT2D eigenvalue weighted by molar-refractivity contribution is 9.10. The van der Waals surface area contributed by atoms with Crippen LogP contribution in [-0.2, 0) is 11.3 Å². The number of nitrogens with one attached hydrogen (secondary N) is 2. The average Bonchev–Trinajstić information content (AvgIpc) is 2.45. The van der Waals surface area contributed by atoms with Gasteiger partial charge in [-0.3, -0.25) is 4.79 Å². The van der Waals surface area contributed by atoms with Gasteiger partial charge in [-0.05, 0) is 54.0 Å². The van der Waals surface area contributed by atoms with Gasteiger partial charge in [0.1, 0.15) is 0 Å². The minimum Gasteiger partial charge on any atom is -0.490 e. The number of amides is 1. The van der Waals surface area contributed by atoms with Gasteiger partial charge in [0.15, 0.2) is 18.1 Å². The molecule has 0 aliphatic rings. The summed E-state index contributed by atoms with van der Waals surface area (Å²) < 4.78 is 12.0. The SMILES string of the molecule is CCCNC(=O)COc1c(Br)cc(CNC)cc1OCC. The third-order valence-electron chi connectivity index (χ3n) is 2.67. The van der Waals surface area contributed by atoms with E-state index >= 15 is 0 Å². The third kappa shape index (κ3) is 5.93. The molecule has 2 N–H and O–H groups in total. The first-order valence-corrected chi connectivity index (χ1v) is 7.90. The van der Waals surface area contributed by atoms with Crippen LogP contribution in [-0.4, -0.2) is 32.7 Å². The summed E-state index contributed by atoms with van der Waals surface area (Å²) in [5.74, 6) is 1.06.